The van der Waals surface area contributed by atoms with Gasteiger partial charge in [-0.25, -0.2) is 0 Å². The number of para-hydroxylation sites is 1. The summed E-state index contributed by atoms with van der Waals surface area (Å²) in [7, 11) is 0. The van der Waals surface area contributed by atoms with E-state index in [2.05, 4.69) is 15.6 Å². The molecule has 4 N–H and O–H groups in total. The van der Waals surface area contributed by atoms with Crippen LogP contribution in [0.25, 0.3) is 10.9 Å². The lowest BCUT2D eigenvalue weighted by Gasteiger charge is -2.14. The average molecular weight is 458 g/mol. The number of hydrogen-bond donors (Lipinski definition) is 4. The Morgan fingerprint density at radius 2 is 1.74 bits per heavy atom. The van der Waals surface area contributed by atoms with Crippen molar-refractivity contribution in [1.82, 2.24) is 10.3 Å². The highest BCUT2D eigenvalue weighted by Crippen LogP contribution is 2.19. The molecule has 0 aliphatic carbocycles. The number of H-pyrrole nitrogens is 1. The van der Waals surface area contributed by atoms with Crippen LogP contribution in [0, 0.1) is 6.92 Å². The van der Waals surface area contributed by atoms with Crippen LogP contribution < -0.4 is 15.4 Å². The van der Waals surface area contributed by atoms with Gasteiger partial charge in [-0.2, -0.15) is 0 Å². The topological polar surface area (TPSA) is 103 Å². The van der Waals surface area contributed by atoms with Crippen molar-refractivity contribution in [3.8, 4) is 5.75 Å². The van der Waals surface area contributed by atoms with Gasteiger partial charge in [-0.1, -0.05) is 48.0 Å². The standard InChI is InChI=1S/C27H27N3O4/c1-18-6-10-21(11-7-18)30-26(31)17-34-22-12-8-19(9-13-22)15-28-25(27(32)33)14-20-16-29-24-5-3-2-4-23(20)24/h2-13,16,25,28-29H,14-15,17H2,1H3,(H,30,31)(H,32,33). The minimum atomic E-state index is -0.898. The van der Waals surface area contributed by atoms with Crippen LogP contribution >= 0.6 is 0 Å². The van der Waals surface area contributed by atoms with E-state index in [-0.39, 0.29) is 12.5 Å². The first-order chi connectivity index (χ1) is 16.5. The maximum atomic E-state index is 12.1. The van der Waals surface area contributed by atoms with Gasteiger partial charge >= 0.3 is 5.97 Å². The van der Waals surface area contributed by atoms with Gasteiger partial charge in [0, 0.05) is 35.8 Å². The molecule has 0 spiro atoms. The number of anilines is 1. The molecule has 4 rings (SSSR count). The number of benzene rings is 3. The van der Waals surface area contributed by atoms with E-state index < -0.39 is 12.0 Å². The summed E-state index contributed by atoms with van der Waals surface area (Å²) in [5.41, 5.74) is 4.72. The number of amides is 1. The average Bonchev–Trinajstić information content (AvgIpc) is 3.25. The second-order valence-electron chi connectivity index (χ2n) is 8.18. The fraction of sp³-hybridized carbons (Fsp3) is 0.185. The van der Waals surface area contributed by atoms with Crippen molar-refractivity contribution in [1.29, 1.82) is 0 Å². The molecule has 0 saturated carbocycles. The Kier molecular flexibility index (Phi) is 7.25. The molecule has 1 amide bonds. The lowest BCUT2D eigenvalue weighted by molar-refractivity contribution is -0.139. The number of carboxylic acids is 1. The van der Waals surface area contributed by atoms with Crippen molar-refractivity contribution in [2.75, 3.05) is 11.9 Å². The first-order valence-corrected chi connectivity index (χ1v) is 11.1. The third-order valence-corrected chi connectivity index (χ3v) is 5.58. The van der Waals surface area contributed by atoms with Crippen LogP contribution in [0.15, 0.2) is 79.0 Å². The van der Waals surface area contributed by atoms with Crippen molar-refractivity contribution in [3.05, 3.63) is 95.7 Å². The van der Waals surface area contributed by atoms with Crippen LogP contribution in [0.1, 0.15) is 16.7 Å². The second-order valence-corrected chi connectivity index (χ2v) is 8.18. The normalized spacial score (nSPS) is 11.8. The molecular weight excluding hydrogens is 430 g/mol. The van der Waals surface area contributed by atoms with E-state index >= 15 is 0 Å². The number of ether oxygens (including phenoxy) is 1. The molecule has 1 atom stereocenters. The maximum absolute atomic E-state index is 12.1. The van der Waals surface area contributed by atoms with Gasteiger partial charge in [-0.15, -0.1) is 0 Å². The van der Waals surface area contributed by atoms with Gasteiger partial charge in [0.05, 0.1) is 0 Å². The summed E-state index contributed by atoms with van der Waals surface area (Å²) in [5, 5.41) is 16.6. The number of aromatic amines is 1. The molecule has 0 bridgehead atoms. The zero-order valence-corrected chi connectivity index (χ0v) is 18.9. The lowest BCUT2D eigenvalue weighted by Crippen LogP contribution is -2.38. The first-order valence-electron chi connectivity index (χ1n) is 11.1. The Morgan fingerprint density at radius 3 is 2.47 bits per heavy atom. The predicted molar refractivity (Wildman–Crippen MR) is 132 cm³/mol. The number of hydrogen-bond acceptors (Lipinski definition) is 4. The Hall–Kier alpha value is -4.10. The molecule has 174 valence electrons. The summed E-state index contributed by atoms with van der Waals surface area (Å²) >= 11 is 0. The second kappa shape index (κ2) is 10.7. The molecule has 34 heavy (non-hydrogen) atoms. The largest absolute Gasteiger partial charge is 0.484 e. The smallest absolute Gasteiger partial charge is 0.321 e. The number of nitrogens with one attached hydrogen (secondary N) is 3. The van der Waals surface area contributed by atoms with Gasteiger partial charge in [0.15, 0.2) is 6.61 Å². The van der Waals surface area contributed by atoms with E-state index in [1.807, 2.05) is 73.8 Å². The molecule has 0 aliphatic heterocycles. The number of aryl methyl sites for hydroxylation is 1. The zero-order valence-electron chi connectivity index (χ0n) is 18.9. The summed E-state index contributed by atoms with van der Waals surface area (Å²) in [5.74, 6) is -0.572. The van der Waals surface area contributed by atoms with Gasteiger partial charge in [-0.3, -0.25) is 9.59 Å². The first kappa shape index (κ1) is 23.1. The minimum Gasteiger partial charge on any atom is -0.484 e. The molecule has 1 heterocycles. The summed E-state index contributed by atoms with van der Waals surface area (Å²) in [6.45, 7) is 2.28. The molecule has 0 radical (unpaired) electrons. The highest BCUT2D eigenvalue weighted by Gasteiger charge is 2.19. The maximum Gasteiger partial charge on any atom is 0.321 e. The lowest BCUT2D eigenvalue weighted by atomic mass is 10.0. The third-order valence-electron chi connectivity index (χ3n) is 5.58. The molecule has 3 aromatic carbocycles. The van der Waals surface area contributed by atoms with Crippen molar-refractivity contribution in [3.63, 3.8) is 0 Å². The van der Waals surface area contributed by atoms with E-state index in [0.29, 0.717) is 18.7 Å². The van der Waals surface area contributed by atoms with E-state index in [1.165, 1.54) is 0 Å². The van der Waals surface area contributed by atoms with Gasteiger partial charge in [0.2, 0.25) is 0 Å². The van der Waals surface area contributed by atoms with Crippen LogP contribution in [0.2, 0.25) is 0 Å². The fourth-order valence-electron chi connectivity index (χ4n) is 3.69. The molecule has 4 aromatic rings. The Morgan fingerprint density at radius 1 is 1.00 bits per heavy atom. The van der Waals surface area contributed by atoms with E-state index in [4.69, 9.17) is 4.74 Å². The van der Waals surface area contributed by atoms with Crippen LogP contribution in [0.5, 0.6) is 5.75 Å². The zero-order chi connectivity index (χ0) is 23.9. The Labute approximate surface area is 197 Å². The quantitative estimate of drug-likeness (QED) is 0.285. The summed E-state index contributed by atoms with van der Waals surface area (Å²) in [6.07, 6.45) is 2.24. The molecule has 1 aromatic heterocycles. The molecule has 0 aliphatic rings. The summed E-state index contributed by atoms with van der Waals surface area (Å²) in [6, 6.07) is 21.9. The number of carboxylic acid groups (broad SMARTS) is 1. The molecular formula is C27H27N3O4. The molecule has 0 fully saturated rings. The molecule has 1 unspecified atom stereocenters. The van der Waals surface area contributed by atoms with Crippen LogP contribution in [0.4, 0.5) is 5.69 Å². The Bertz CT molecular complexity index is 1260. The van der Waals surface area contributed by atoms with E-state index in [1.54, 1.807) is 12.1 Å². The monoisotopic (exact) mass is 457 g/mol. The van der Waals surface area contributed by atoms with Crippen LogP contribution in [-0.4, -0.2) is 34.6 Å². The van der Waals surface area contributed by atoms with Crippen LogP contribution in [0.3, 0.4) is 0 Å². The number of aliphatic carboxylic acids is 1. The van der Waals surface area contributed by atoms with Gasteiger partial charge in [-0.05, 0) is 48.4 Å². The SMILES string of the molecule is Cc1ccc(NC(=O)COc2ccc(CNC(Cc3c[nH]c4ccccc34)C(=O)O)cc2)cc1. The van der Waals surface area contributed by atoms with E-state index in [0.717, 1.165) is 33.3 Å². The van der Waals surface area contributed by atoms with Gasteiger partial charge in [0.1, 0.15) is 11.8 Å². The van der Waals surface area contributed by atoms with Crippen LogP contribution in [-0.2, 0) is 22.6 Å². The van der Waals surface area contributed by atoms with Gasteiger partial charge in [0.25, 0.3) is 5.91 Å². The minimum absolute atomic E-state index is 0.100. The highest BCUT2D eigenvalue weighted by molar-refractivity contribution is 5.91. The molecule has 0 saturated heterocycles. The van der Waals surface area contributed by atoms with Crippen molar-refractivity contribution >= 4 is 28.5 Å². The third kappa shape index (κ3) is 6.02. The molecule has 7 heteroatoms. The van der Waals surface area contributed by atoms with E-state index in [9.17, 15) is 14.7 Å². The fourth-order valence-corrected chi connectivity index (χ4v) is 3.69. The van der Waals surface area contributed by atoms with Crippen molar-refractivity contribution in [2.24, 2.45) is 0 Å². The predicted octanol–water partition coefficient (Wildman–Crippen LogP) is 4.28. The number of carbonyl (C=O) groups is 2. The van der Waals surface area contributed by atoms with Crippen molar-refractivity contribution < 1.29 is 19.4 Å². The summed E-state index contributed by atoms with van der Waals surface area (Å²) in [4.78, 5) is 27.1. The number of carbonyl (C=O) groups excluding carboxylic acids is 1. The number of rotatable bonds is 10. The number of aromatic nitrogens is 1. The Balaban J connectivity index is 1.27. The van der Waals surface area contributed by atoms with Gasteiger partial charge < -0.3 is 25.5 Å². The summed E-state index contributed by atoms with van der Waals surface area (Å²) < 4.78 is 5.56. The highest BCUT2D eigenvalue weighted by atomic mass is 16.5. The molecule has 7 nitrogen and oxygen atoms in total. The number of fused-ring (bicyclic) bond motifs is 1. The van der Waals surface area contributed by atoms with Crippen molar-refractivity contribution in [2.45, 2.75) is 25.9 Å².